The van der Waals surface area contributed by atoms with E-state index in [1.165, 1.54) is 70.6 Å². The van der Waals surface area contributed by atoms with Crippen molar-refractivity contribution in [3.63, 3.8) is 0 Å². The van der Waals surface area contributed by atoms with Crippen LogP contribution in [0.15, 0.2) is 0 Å². The van der Waals surface area contributed by atoms with Gasteiger partial charge in [-0.15, -0.1) is 0 Å². The molecular weight excluding hydrogens is 208 g/mol. The van der Waals surface area contributed by atoms with Crippen LogP contribution < -0.4 is 5.73 Å². The maximum Gasteiger partial charge on any atom is 0.00962 e. The molecule has 2 saturated carbocycles. The normalized spacial score (nSPS) is 33.4. The lowest BCUT2D eigenvalue weighted by molar-refractivity contribution is 0.113. The molecule has 0 atom stereocenters. The van der Waals surface area contributed by atoms with Crippen LogP contribution in [0.5, 0.6) is 0 Å². The molecule has 2 aliphatic carbocycles. The van der Waals surface area contributed by atoms with E-state index < -0.39 is 0 Å². The average Bonchev–Trinajstić information content (AvgIpc) is 2.29. The SMILES string of the molecule is CN(C1CCCCCCC1)C1CCC(N)CC1. The van der Waals surface area contributed by atoms with E-state index >= 15 is 0 Å². The quantitative estimate of drug-likeness (QED) is 0.800. The minimum absolute atomic E-state index is 0.483. The molecule has 0 aromatic rings. The van der Waals surface area contributed by atoms with Crippen LogP contribution >= 0.6 is 0 Å². The van der Waals surface area contributed by atoms with E-state index in [4.69, 9.17) is 5.73 Å². The van der Waals surface area contributed by atoms with Gasteiger partial charge in [0.2, 0.25) is 0 Å². The summed E-state index contributed by atoms with van der Waals surface area (Å²) in [6, 6.07) is 2.16. The summed E-state index contributed by atoms with van der Waals surface area (Å²) in [4.78, 5) is 2.71. The first kappa shape index (κ1) is 13.4. The second-order valence-electron chi connectivity index (χ2n) is 6.23. The van der Waals surface area contributed by atoms with Crippen molar-refractivity contribution in [3.8, 4) is 0 Å². The van der Waals surface area contributed by atoms with Gasteiger partial charge in [0.15, 0.2) is 0 Å². The molecule has 0 aromatic heterocycles. The molecule has 0 aliphatic heterocycles. The van der Waals surface area contributed by atoms with Crippen molar-refractivity contribution in [2.24, 2.45) is 5.73 Å². The fourth-order valence-electron chi connectivity index (χ4n) is 3.65. The summed E-state index contributed by atoms with van der Waals surface area (Å²) in [6.45, 7) is 0. The predicted octanol–water partition coefficient (Wildman–Crippen LogP) is 3.30. The first-order valence-electron chi connectivity index (χ1n) is 7.75. The van der Waals surface area contributed by atoms with Crippen molar-refractivity contribution >= 4 is 0 Å². The highest BCUT2D eigenvalue weighted by Gasteiger charge is 2.26. The van der Waals surface area contributed by atoms with Gasteiger partial charge in [0, 0.05) is 18.1 Å². The number of hydrogen-bond donors (Lipinski definition) is 1. The second kappa shape index (κ2) is 6.75. The van der Waals surface area contributed by atoms with Gasteiger partial charge in [0.1, 0.15) is 0 Å². The van der Waals surface area contributed by atoms with Gasteiger partial charge in [0.05, 0.1) is 0 Å². The van der Waals surface area contributed by atoms with Crippen LogP contribution in [0.4, 0.5) is 0 Å². The molecule has 2 rings (SSSR count). The van der Waals surface area contributed by atoms with Gasteiger partial charge < -0.3 is 10.6 Å². The van der Waals surface area contributed by atoms with E-state index in [2.05, 4.69) is 11.9 Å². The Bertz CT molecular complexity index is 201. The second-order valence-corrected chi connectivity index (χ2v) is 6.23. The van der Waals surface area contributed by atoms with Crippen molar-refractivity contribution < 1.29 is 0 Å². The zero-order valence-corrected chi connectivity index (χ0v) is 11.5. The first-order valence-corrected chi connectivity index (χ1v) is 7.75. The number of nitrogens with two attached hydrogens (primary N) is 1. The van der Waals surface area contributed by atoms with Crippen LogP contribution in [0.25, 0.3) is 0 Å². The Balaban J connectivity index is 1.82. The summed E-state index contributed by atoms with van der Waals surface area (Å²) >= 11 is 0. The van der Waals surface area contributed by atoms with Crippen molar-refractivity contribution in [1.82, 2.24) is 4.90 Å². The minimum atomic E-state index is 0.483. The van der Waals surface area contributed by atoms with Gasteiger partial charge in [-0.3, -0.25) is 0 Å². The Hall–Kier alpha value is -0.0800. The predicted molar refractivity (Wildman–Crippen MR) is 74.1 cm³/mol. The molecule has 0 amide bonds. The zero-order valence-electron chi connectivity index (χ0n) is 11.5. The molecule has 0 spiro atoms. The Labute approximate surface area is 107 Å². The van der Waals surface area contributed by atoms with Crippen molar-refractivity contribution in [2.45, 2.75) is 88.8 Å². The maximum absolute atomic E-state index is 6.00. The third kappa shape index (κ3) is 3.96. The smallest absolute Gasteiger partial charge is 0.00962 e. The first-order chi connectivity index (χ1) is 8.27. The van der Waals surface area contributed by atoms with Crippen LogP contribution in [0.2, 0.25) is 0 Å². The Kier molecular flexibility index (Phi) is 5.30. The topological polar surface area (TPSA) is 29.3 Å². The third-order valence-corrected chi connectivity index (χ3v) is 4.97. The molecule has 2 fully saturated rings. The summed E-state index contributed by atoms with van der Waals surface area (Å²) in [6.07, 6.45) is 15.3. The average molecular weight is 238 g/mol. The molecule has 0 heterocycles. The third-order valence-electron chi connectivity index (χ3n) is 4.97. The van der Waals surface area contributed by atoms with Crippen LogP contribution in [-0.4, -0.2) is 30.1 Å². The molecule has 0 unspecified atom stereocenters. The van der Waals surface area contributed by atoms with E-state index in [1.54, 1.807) is 0 Å². The van der Waals surface area contributed by atoms with E-state index in [9.17, 15) is 0 Å². The molecule has 0 saturated heterocycles. The van der Waals surface area contributed by atoms with Crippen molar-refractivity contribution in [2.75, 3.05) is 7.05 Å². The van der Waals surface area contributed by atoms with E-state index in [0.717, 1.165) is 12.1 Å². The number of hydrogen-bond acceptors (Lipinski definition) is 2. The standard InChI is InChI=1S/C15H30N2/c1-17(15-11-9-13(16)10-12-15)14-7-5-3-2-4-6-8-14/h13-15H,2-12,16H2,1H3. The van der Waals surface area contributed by atoms with Crippen LogP contribution in [0, 0.1) is 0 Å². The number of rotatable bonds is 2. The van der Waals surface area contributed by atoms with Crippen molar-refractivity contribution in [3.05, 3.63) is 0 Å². The van der Waals surface area contributed by atoms with Crippen molar-refractivity contribution in [1.29, 1.82) is 0 Å². The van der Waals surface area contributed by atoms with E-state index in [0.29, 0.717) is 6.04 Å². The summed E-state index contributed by atoms with van der Waals surface area (Å²) in [5.41, 5.74) is 6.00. The fourth-order valence-corrected chi connectivity index (χ4v) is 3.65. The lowest BCUT2D eigenvalue weighted by Crippen LogP contribution is -2.44. The highest BCUT2D eigenvalue weighted by molar-refractivity contribution is 4.83. The van der Waals surface area contributed by atoms with Gasteiger partial charge in [0.25, 0.3) is 0 Å². The Morgan fingerprint density at radius 3 is 1.76 bits per heavy atom. The summed E-state index contributed by atoms with van der Waals surface area (Å²) in [5.74, 6) is 0. The molecule has 0 radical (unpaired) electrons. The summed E-state index contributed by atoms with van der Waals surface area (Å²) in [7, 11) is 2.37. The van der Waals surface area contributed by atoms with E-state index in [1.807, 2.05) is 0 Å². The monoisotopic (exact) mass is 238 g/mol. The lowest BCUT2D eigenvalue weighted by Gasteiger charge is -2.39. The molecule has 2 heteroatoms. The van der Waals surface area contributed by atoms with Crippen LogP contribution in [0.3, 0.4) is 0 Å². The maximum atomic E-state index is 6.00. The van der Waals surface area contributed by atoms with Crippen LogP contribution in [0.1, 0.15) is 70.6 Å². The molecular formula is C15H30N2. The molecule has 2 aliphatic rings. The molecule has 0 aromatic carbocycles. The Morgan fingerprint density at radius 2 is 1.18 bits per heavy atom. The lowest BCUT2D eigenvalue weighted by atomic mass is 9.88. The van der Waals surface area contributed by atoms with Gasteiger partial charge in [-0.1, -0.05) is 32.1 Å². The summed E-state index contributed by atoms with van der Waals surface area (Å²) in [5, 5.41) is 0. The largest absolute Gasteiger partial charge is 0.328 e. The minimum Gasteiger partial charge on any atom is -0.328 e. The Morgan fingerprint density at radius 1 is 0.706 bits per heavy atom. The van der Waals surface area contributed by atoms with Gasteiger partial charge >= 0.3 is 0 Å². The van der Waals surface area contributed by atoms with Gasteiger partial charge in [-0.25, -0.2) is 0 Å². The van der Waals surface area contributed by atoms with E-state index in [-0.39, 0.29) is 0 Å². The molecule has 100 valence electrons. The highest BCUT2D eigenvalue weighted by atomic mass is 15.2. The molecule has 2 N–H and O–H groups in total. The fraction of sp³-hybridized carbons (Fsp3) is 1.00. The highest BCUT2D eigenvalue weighted by Crippen LogP contribution is 2.27. The van der Waals surface area contributed by atoms with Gasteiger partial charge in [-0.2, -0.15) is 0 Å². The molecule has 0 bridgehead atoms. The number of nitrogens with zero attached hydrogens (tertiary/aromatic N) is 1. The summed E-state index contributed by atoms with van der Waals surface area (Å²) < 4.78 is 0. The molecule has 17 heavy (non-hydrogen) atoms. The van der Waals surface area contributed by atoms with Crippen LogP contribution in [-0.2, 0) is 0 Å². The van der Waals surface area contributed by atoms with Gasteiger partial charge in [-0.05, 0) is 45.6 Å². The zero-order chi connectivity index (χ0) is 12.1. The molecule has 2 nitrogen and oxygen atoms in total.